The predicted molar refractivity (Wildman–Crippen MR) is 88.5 cm³/mol. The van der Waals surface area contributed by atoms with Gasteiger partial charge in [-0.2, -0.15) is 0 Å². The van der Waals surface area contributed by atoms with Gasteiger partial charge < -0.3 is 14.7 Å². The average molecular weight is 349 g/mol. The lowest BCUT2D eigenvalue weighted by Gasteiger charge is -2.28. The number of nitrogens with zero attached hydrogens (tertiary/aromatic N) is 3. The summed E-state index contributed by atoms with van der Waals surface area (Å²) in [6.07, 6.45) is 3.45. The summed E-state index contributed by atoms with van der Waals surface area (Å²) >= 11 is 12.4. The lowest BCUT2D eigenvalue weighted by molar-refractivity contribution is -0.0214. The van der Waals surface area contributed by atoms with E-state index in [-0.39, 0.29) is 0 Å². The largest absolute Gasteiger partial charge is 0.383 e. The van der Waals surface area contributed by atoms with Crippen molar-refractivity contribution >= 4 is 28.9 Å². The van der Waals surface area contributed by atoms with Crippen LogP contribution in [-0.4, -0.2) is 67.8 Å². The van der Waals surface area contributed by atoms with E-state index in [0.717, 1.165) is 38.3 Å². The Hall–Kier alpha value is -0.630. The second kappa shape index (κ2) is 8.86. The van der Waals surface area contributed by atoms with Crippen LogP contribution in [0.25, 0.3) is 0 Å². The third kappa shape index (κ3) is 4.68. The van der Waals surface area contributed by atoms with Crippen LogP contribution in [0.5, 0.6) is 0 Å². The zero-order chi connectivity index (χ0) is 15.9. The van der Waals surface area contributed by atoms with Gasteiger partial charge in [0.25, 0.3) is 0 Å². The minimum absolute atomic E-state index is 0.555. The standard InChI is InChI=1S/C14H22Cl2N4O2/c1-22-8-3-18-14(21)20-5-2-4-19(6-7-20)13-11(15)9-17-10-12(13)16/h9-10,14,18,21H,2-8H2,1H3. The first-order valence-electron chi connectivity index (χ1n) is 7.32. The maximum atomic E-state index is 10.2. The predicted octanol–water partition coefficient (Wildman–Crippen LogP) is 1.41. The highest BCUT2D eigenvalue weighted by atomic mass is 35.5. The van der Waals surface area contributed by atoms with Crippen molar-refractivity contribution in [2.24, 2.45) is 0 Å². The Morgan fingerprint density at radius 2 is 2.00 bits per heavy atom. The van der Waals surface area contributed by atoms with E-state index in [1.807, 2.05) is 4.90 Å². The van der Waals surface area contributed by atoms with Crippen molar-refractivity contribution in [2.45, 2.75) is 12.8 Å². The Kier molecular flexibility index (Phi) is 7.14. The van der Waals surface area contributed by atoms with Crippen LogP contribution in [0.3, 0.4) is 0 Å². The summed E-state index contributed by atoms with van der Waals surface area (Å²) in [5.74, 6) is 0. The number of aromatic nitrogens is 1. The van der Waals surface area contributed by atoms with Crippen LogP contribution >= 0.6 is 23.2 Å². The molecule has 1 saturated heterocycles. The van der Waals surface area contributed by atoms with Crippen molar-refractivity contribution in [3.05, 3.63) is 22.4 Å². The summed E-state index contributed by atoms with van der Waals surface area (Å²) in [4.78, 5) is 8.13. The van der Waals surface area contributed by atoms with Crippen LogP contribution in [0.1, 0.15) is 6.42 Å². The summed E-state index contributed by atoms with van der Waals surface area (Å²) in [5.41, 5.74) is 0.821. The summed E-state index contributed by atoms with van der Waals surface area (Å²) in [6.45, 7) is 4.28. The monoisotopic (exact) mass is 348 g/mol. The number of aliphatic hydroxyl groups excluding tert-OH is 1. The van der Waals surface area contributed by atoms with Crippen LogP contribution in [0.15, 0.2) is 12.4 Å². The fourth-order valence-corrected chi connectivity index (χ4v) is 3.14. The fourth-order valence-electron chi connectivity index (χ4n) is 2.53. The van der Waals surface area contributed by atoms with Gasteiger partial charge >= 0.3 is 0 Å². The van der Waals surface area contributed by atoms with Gasteiger partial charge in [-0.3, -0.25) is 15.2 Å². The molecule has 6 nitrogen and oxygen atoms in total. The molecule has 1 fully saturated rings. The zero-order valence-electron chi connectivity index (χ0n) is 12.6. The zero-order valence-corrected chi connectivity index (χ0v) is 14.1. The highest BCUT2D eigenvalue weighted by Crippen LogP contribution is 2.33. The van der Waals surface area contributed by atoms with E-state index < -0.39 is 6.35 Å². The molecule has 0 aromatic carbocycles. The molecule has 0 saturated carbocycles. The lowest BCUT2D eigenvalue weighted by atomic mass is 10.3. The first-order chi connectivity index (χ1) is 10.6. The molecular formula is C14H22Cl2N4O2. The van der Waals surface area contributed by atoms with Gasteiger partial charge in [0, 0.05) is 52.2 Å². The highest BCUT2D eigenvalue weighted by Gasteiger charge is 2.22. The molecule has 0 radical (unpaired) electrons. The second-order valence-electron chi connectivity index (χ2n) is 5.15. The van der Waals surface area contributed by atoms with Crippen LogP contribution < -0.4 is 10.2 Å². The number of nitrogens with one attached hydrogen (secondary N) is 1. The third-order valence-corrected chi connectivity index (χ3v) is 4.21. The van der Waals surface area contributed by atoms with Crippen LogP contribution in [0.4, 0.5) is 5.69 Å². The van der Waals surface area contributed by atoms with Gasteiger partial charge in [0.2, 0.25) is 0 Å². The number of pyridine rings is 1. The normalized spacial score (nSPS) is 18.3. The van der Waals surface area contributed by atoms with E-state index in [9.17, 15) is 5.11 Å². The van der Waals surface area contributed by atoms with Crippen LogP contribution in [-0.2, 0) is 4.74 Å². The van der Waals surface area contributed by atoms with Gasteiger partial charge in [0.05, 0.1) is 22.3 Å². The molecule has 1 aromatic rings. The molecule has 2 rings (SSSR count). The molecule has 1 aromatic heterocycles. The number of hydrogen-bond donors (Lipinski definition) is 2. The van der Waals surface area contributed by atoms with Gasteiger partial charge in [0.1, 0.15) is 0 Å². The Morgan fingerprint density at radius 1 is 1.27 bits per heavy atom. The Balaban J connectivity index is 1.95. The van der Waals surface area contributed by atoms with E-state index in [2.05, 4.69) is 15.2 Å². The SMILES string of the molecule is COCCNC(O)N1CCCN(c2c(Cl)cncc2Cl)CC1. The molecule has 2 heterocycles. The number of ether oxygens (including phenoxy) is 1. The van der Waals surface area contributed by atoms with Gasteiger partial charge in [-0.25, -0.2) is 0 Å². The summed E-state index contributed by atoms with van der Waals surface area (Å²) < 4.78 is 4.97. The maximum Gasteiger partial charge on any atom is 0.163 e. The van der Waals surface area contributed by atoms with Crippen LogP contribution in [0.2, 0.25) is 10.0 Å². The molecule has 1 unspecified atom stereocenters. The van der Waals surface area contributed by atoms with Gasteiger partial charge in [0.15, 0.2) is 6.35 Å². The molecular weight excluding hydrogens is 327 g/mol. The molecule has 0 amide bonds. The van der Waals surface area contributed by atoms with Gasteiger partial charge in [-0.1, -0.05) is 23.2 Å². The van der Waals surface area contributed by atoms with Crippen molar-refractivity contribution in [1.29, 1.82) is 0 Å². The molecule has 8 heteroatoms. The van der Waals surface area contributed by atoms with Crippen molar-refractivity contribution in [3.8, 4) is 0 Å². The van der Waals surface area contributed by atoms with E-state index >= 15 is 0 Å². The first kappa shape index (κ1) is 17.7. The molecule has 0 aliphatic carbocycles. The van der Waals surface area contributed by atoms with E-state index in [1.165, 1.54) is 0 Å². The van der Waals surface area contributed by atoms with Crippen LogP contribution in [0, 0.1) is 0 Å². The van der Waals surface area contributed by atoms with Crippen molar-refractivity contribution in [1.82, 2.24) is 15.2 Å². The minimum atomic E-state index is -0.668. The molecule has 0 spiro atoms. The first-order valence-corrected chi connectivity index (χ1v) is 8.07. The smallest absolute Gasteiger partial charge is 0.163 e. The molecule has 0 bridgehead atoms. The number of rotatable bonds is 6. The Labute approximate surface area is 141 Å². The Bertz CT molecular complexity index is 458. The summed E-state index contributed by atoms with van der Waals surface area (Å²) in [6, 6.07) is 0. The van der Waals surface area contributed by atoms with Crippen molar-refractivity contribution < 1.29 is 9.84 Å². The maximum absolute atomic E-state index is 10.2. The van der Waals surface area contributed by atoms with Crippen molar-refractivity contribution in [3.63, 3.8) is 0 Å². The number of aliphatic hydroxyl groups is 1. The number of methoxy groups -OCH3 is 1. The number of halogens is 2. The molecule has 22 heavy (non-hydrogen) atoms. The lowest BCUT2D eigenvalue weighted by Crippen LogP contribution is -2.48. The van der Waals surface area contributed by atoms with Gasteiger partial charge in [-0.15, -0.1) is 0 Å². The second-order valence-corrected chi connectivity index (χ2v) is 5.96. The quantitative estimate of drug-likeness (QED) is 0.598. The molecule has 1 aliphatic heterocycles. The molecule has 2 N–H and O–H groups in total. The molecule has 1 aliphatic rings. The van der Waals surface area contributed by atoms with E-state index in [0.29, 0.717) is 23.2 Å². The van der Waals surface area contributed by atoms with Crippen molar-refractivity contribution in [2.75, 3.05) is 51.3 Å². The third-order valence-electron chi connectivity index (χ3n) is 3.65. The average Bonchev–Trinajstić information content (AvgIpc) is 2.73. The number of anilines is 1. The highest BCUT2D eigenvalue weighted by molar-refractivity contribution is 6.38. The minimum Gasteiger partial charge on any atom is -0.383 e. The fraction of sp³-hybridized carbons (Fsp3) is 0.643. The van der Waals surface area contributed by atoms with E-state index in [4.69, 9.17) is 27.9 Å². The number of hydrogen-bond acceptors (Lipinski definition) is 6. The molecule has 1 atom stereocenters. The Morgan fingerprint density at radius 3 is 2.68 bits per heavy atom. The topological polar surface area (TPSA) is 60.9 Å². The summed E-state index contributed by atoms with van der Waals surface area (Å²) in [7, 11) is 1.64. The molecule has 124 valence electrons. The van der Waals surface area contributed by atoms with E-state index in [1.54, 1.807) is 19.5 Å². The summed E-state index contributed by atoms with van der Waals surface area (Å²) in [5, 5.41) is 14.3. The van der Waals surface area contributed by atoms with Gasteiger partial charge in [-0.05, 0) is 6.42 Å².